The van der Waals surface area contributed by atoms with Gasteiger partial charge in [-0.1, -0.05) is 36.5 Å². The van der Waals surface area contributed by atoms with E-state index in [0.29, 0.717) is 5.92 Å². The van der Waals surface area contributed by atoms with E-state index in [1.165, 1.54) is 82.8 Å². The Labute approximate surface area is 136 Å². The molecule has 1 nitrogen and oxygen atoms in total. The number of allylic oxidation sites excluding steroid dienone is 5. The summed E-state index contributed by atoms with van der Waals surface area (Å²) in [6.07, 6.45) is 18.5. The molecule has 0 bridgehead atoms. The molecule has 1 unspecified atom stereocenters. The lowest BCUT2D eigenvalue weighted by Crippen LogP contribution is -2.05. The first-order valence-corrected chi connectivity index (χ1v) is 9.44. The van der Waals surface area contributed by atoms with Crippen LogP contribution >= 0.6 is 0 Å². The van der Waals surface area contributed by atoms with Crippen molar-refractivity contribution >= 4 is 0 Å². The fourth-order valence-corrected chi connectivity index (χ4v) is 4.55. The Morgan fingerprint density at radius 1 is 0.818 bits per heavy atom. The summed E-state index contributed by atoms with van der Waals surface area (Å²) in [7, 11) is 1.86. The summed E-state index contributed by atoms with van der Waals surface area (Å²) in [5.74, 6) is 1.80. The molecule has 0 amide bonds. The number of hydrogen-bond acceptors (Lipinski definition) is 1. The molecule has 0 heterocycles. The summed E-state index contributed by atoms with van der Waals surface area (Å²) >= 11 is 0. The number of rotatable bonds is 1. The second kappa shape index (κ2) is 7.53. The maximum Gasteiger partial charge on any atom is 0.118 e. The SMILES string of the molecule is COC1=CC(C)CC(=C2CCCCC2)CC1=C1CCCCC1. The zero-order valence-electron chi connectivity index (χ0n) is 14.5. The van der Waals surface area contributed by atoms with Gasteiger partial charge in [-0.05, 0) is 81.8 Å². The van der Waals surface area contributed by atoms with Gasteiger partial charge in [0.25, 0.3) is 0 Å². The molecule has 1 atom stereocenters. The van der Waals surface area contributed by atoms with Crippen molar-refractivity contribution in [3.63, 3.8) is 0 Å². The van der Waals surface area contributed by atoms with Gasteiger partial charge in [0.2, 0.25) is 0 Å². The zero-order chi connectivity index (χ0) is 15.4. The lowest BCUT2D eigenvalue weighted by atomic mass is 9.84. The van der Waals surface area contributed by atoms with Gasteiger partial charge in [0.1, 0.15) is 5.76 Å². The Kier molecular flexibility index (Phi) is 5.44. The van der Waals surface area contributed by atoms with Crippen molar-refractivity contribution in [2.45, 2.75) is 84.0 Å². The molecule has 0 N–H and O–H groups in total. The number of hydrogen-bond donors (Lipinski definition) is 0. The molecular formula is C21H32O. The van der Waals surface area contributed by atoms with Crippen LogP contribution < -0.4 is 0 Å². The molecule has 0 spiro atoms. The third-order valence-electron chi connectivity index (χ3n) is 5.75. The van der Waals surface area contributed by atoms with Gasteiger partial charge < -0.3 is 4.74 Å². The topological polar surface area (TPSA) is 9.23 Å². The highest BCUT2D eigenvalue weighted by atomic mass is 16.5. The van der Waals surface area contributed by atoms with E-state index in [-0.39, 0.29) is 0 Å². The van der Waals surface area contributed by atoms with Crippen molar-refractivity contribution < 1.29 is 4.74 Å². The van der Waals surface area contributed by atoms with E-state index in [0.717, 1.165) is 0 Å². The van der Waals surface area contributed by atoms with Gasteiger partial charge in [-0.25, -0.2) is 0 Å². The number of methoxy groups -OCH3 is 1. The third kappa shape index (κ3) is 3.67. The predicted molar refractivity (Wildman–Crippen MR) is 93.7 cm³/mol. The molecule has 22 heavy (non-hydrogen) atoms. The van der Waals surface area contributed by atoms with Gasteiger partial charge >= 0.3 is 0 Å². The van der Waals surface area contributed by atoms with Crippen LogP contribution in [0.5, 0.6) is 0 Å². The van der Waals surface area contributed by atoms with Gasteiger partial charge in [0, 0.05) is 0 Å². The summed E-state index contributed by atoms with van der Waals surface area (Å²) in [6.45, 7) is 2.36. The molecule has 122 valence electrons. The van der Waals surface area contributed by atoms with E-state index in [2.05, 4.69) is 13.0 Å². The highest BCUT2D eigenvalue weighted by Crippen LogP contribution is 2.40. The molecule has 3 aliphatic rings. The van der Waals surface area contributed by atoms with E-state index in [4.69, 9.17) is 4.74 Å². The van der Waals surface area contributed by atoms with Gasteiger partial charge in [-0.15, -0.1) is 0 Å². The summed E-state index contributed by atoms with van der Waals surface area (Å²) in [6, 6.07) is 0. The summed E-state index contributed by atoms with van der Waals surface area (Å²) in [4.78, 5) is 0. The van der Waals surface area contributed by atoms with Crippen LogP contribution in [0.1, 0.15) is 84.0 Å². The second-order valence-corrected chi connectivity index (χ2v) is 7.50. The van der Waals surface area contributed by atoms with E-state index in [1.54, 1.807) is 22.3 Å². The maximum atomic E-state index is 5.82. The minimum Gasteiger partial charge on any atom is -0.497 e. The molecule has 0 aromatic rings. The standard InChI is InChI=1S/C21H32O/c1-16-13-19(17-9-5-3-6-10-17)15-20(21(14-16)22-2)18-11-7-4-8-12-18/h14,16H,3-13,15H2,1-2H3. The molecule has 1 heteroatoms. The highest BCUT2D eigenvalue weighted by molar-refractivity contribution is 5.40. The summed E-state index contributed by atoms with van der Waals surface area (Å²) in [5.41, 5.74) is 6.79. The lowest BCUT2D eigenvalue weighted by Gasteiger charge is -2.23. The van der Waals surface area contributed by atoms with Crippen molar-refractivity contribution in [2.75, 3.05) is 7.11 Å². The first-order chi connectivity index (χ1) is 10.8. The fourth-order valence-electron chi connectivity index (χ4n) is 4.55. The van der Waals surface area contributed by atoms with E-state index >= 15 is 0 Å². The Hall–Kier alpha value is -0.980. The Morgan fingerprint density at radius 3 is 2.00 bits per heavy atom. The molecule has 2 fully saturated rings. The minimum absolute atomic E-state index is 0.612. The molecule has 2 saturated carbocycles. The van der Waals surface area contributed by atoms with Crippen LogP contribution in [-0.4, -0.2) is 7.11 Å². The maximum absolute atomic E-state index is 5.82. The van der Waals surface area contributed by atoms with E-state index < -0.39 is 0 Å². The smallest absolute Gasteiger partial charge is 0.118 e. The Balaban J connectivity index is 1.94. The molecule has 0 aliphatic heterocycles. The van der Waals surface area contributed by atoms with E-state index in [1.807, 2.05) is 7.11 Å². The number of ether oxygens (including phenoxy) is 1. The molecule has 3 rings (SSSR count). The molecule has 0 aromatic heterocycles. The van der Waals surface area contributed by atoms with Gasteiger partial charge in [0.05, 0.1) is 7.11 Å². The van der Waals surface area contributed by atoms with Crippen molar-refractivity contribution in [2.24, 2.45) is 5.92 Å². The van der Waals surface area contributed by atoms with Crippen LogP contribution in [0.2, 0.25) is 0 Å². The zero-order valence-corrected chi connectivity index (χ0v) is 14.5. The second-order valence-electron chi connectivity index (χ2n) is 7.50. The van der Waals surface area contributed by atoms with Crippen LogP contribution in [0.4, 0.5) is 0 Å². The van der Waals surface area contributed by atoms with Crippen LogP contribution in [-0.2, 0) is 4.74 Å². The average molecular weight is 300 g/mol. The molecule has 3 aliphatic carbocycles. The van der Waals surface area contributed by atoms with Crippen molar-refractivity contribution in [1.82, 2.24) is 0 Å². The normalized spacial score (nSPS) is 27.5. The van der Waals surface area contributed by atoms with Crippen LogP contribution in [0.25, 0.3) is 0 Å². The van der Waals surface area contributed by atoms with Crippen LogP contribution in [0.15, 0.2) is 34.1 Å². The quantitative estimate of drug-likeness (QED) is 0.504. The summed E-state index contributed by atoms with van der Waals surface area (Å²) in [5, 5.41) is 0. The highest BCUT2D eigenvalue weighted by Gasteiger charge is 2.23. The van der Waals surface area contributed by atoms with Crippen molar-refractivity contribution in [3.8, 4) is 0 Å². The van der Waals surface area contributed by atoms with Gasteiger partial charge in [0.15, 0.2) is 0 Å². The summed E-state index contributed by atoms with van der Waals surface area (Å²) < 4.78 is 5.82. The molecule has 0 saturated heterocycles. The largest absolute Gasteiger partial charge is 0.497 e. The van der Waals surface area contributed by atoms with E-state index in [9.17, 15) is 0 Å². The fraction of sp³-hybridized carbons (Fsp3) is 0.714. The van der Waals surface area contributed by atoms with Crippen LogP contribution in [0, 0.1) is 5.92 Å². The van der Waals surface area contributed by atoms with Crippen molar-refractivity contribution in [1.29, 1.82) is 0 Å². The van der Waals surface area contributed by atoms with Crippen LogP contribution in [0.3, 0.4) is 0 Å². The monoisotopic (exact) mass is 300 g/mol. The predicted octanol–water partition coefficient (Wildman–Crippen LogP) is 6.47. The molecule has 0 aromatic carbocycles. The Morgan fingerprint density at radius 2 is 1.41 bits per heavy atom. The van der Waals surface area contributed by atoms with Gasteiger partial charge in [-0.2, -0.15) is 0 Å². The minimum atomic E-state index is 0.612. The lowest BCUT2D eigenvalue weighted by molar-refractivity contribution is 0.295. The Bertz CT molecular complexity index is 476. The van der Waals surface area contributed by atoms with Gasteiger partial charge in [-0.3, -0.25) is 0 Å². The first kappa shape index (κ1) is 15.9. The molecule has 0 radical (unpaired) electrons. The first-order valence-electron chi connectivity index (χ1n) is 9.44. The average Bonchev–Trinajstić information content (AvgIpc) is 2.75. The van der Waals surface area contributed by atoms with Crippen molar-refractivity contribution in [3.05, 3.63) is 34.1 Å². The third-order valence-corrected chi connectivity index (χ3v) is 5.75. The molecular weight excluding hydrogens is 268 g/mol.